The van der Waals surface area contributed by atoms with Crippen LogP contribution in [0.3, 0.4) is 0 Å². The molecular weight excluding hydrogens is 266 g/mol. The van der Waals surface area contributed by atoms with E-state index in [1.165, 1.54) is 7.11 Å². The van der Waals surface area contributed by atoms with E-state index >= 15 is 0 Å². The van der Waals surface area contributed by atoms with Crippen molar-refractivity contribution in [3.8, 4) is 0 Å². The van der Waals surface area contributed by atoms with Crippen LogP contribution < -0.4 is 0 Å². The molecule has 3 aromatic rings. The van der Waals surface area contributed by atoms with Gasteiger partial charge in [-0.2, -0.15) is 0 Å². The summed E-state index contributed by atoms with van der Waals surface area (Å²) in [5.74, 6) is -0.415. The third-order valence-electron chi connectivity index (χ3n) is 3.88. The number of aromatic amines is 1. The fourth-order valence-electron chi connectivity index (χ4n) is 2.83. The maximum Gasteiger partial charge on any atom is 0.338 e. The quantitative estimate of drug-likeness (QED) is 0.592. The van der Waals surface area contributed by atoms with Crippen molar-refractivity contribution in [3.05, 3.63) is 47.0 Å². The minimum Gasteiger partial charge on any atom is -0.465 e. The Labute approximate surface area is 121 Å². The van der Waals surface area contributed by atoms with Crippen LogP contribution in [0.4, 0.5) is 0 Å². The molecule has 3 rings (SSSR count). The van der Waals surface area contributed by atoms with Crippen molar-refractivity contribution in [2.24, 2.45) is 0 Å². The van der Waals surface area contributed by atoms with E-state index in [1.54, 1.807) is 0 Å². The first-order chi connectivity index (χ1) is 10.2. The van der Waals surface area contributed by atoms with Gasteiger partial charge < -0.3 is 14.5 Å². The lowest BCUT2D eigenvalue weighted by Crippen LogP contribution is -2.08. The summed E-state index contributed by atoms with van der Waals surface area (Å²) in [5, 5.41) is 2.02. The molecule has 0 radical (unpaired) electrons. The van der Waals surface area contributed by atoms with Crippen molar-refractivity contribution < 1.29 is 14.3 Å². The van der Waals surface area contributed by atoms with Crippen LogP contribution >= 0.6 is 0 Å². The van der Waals surface area contributed by atoms with Gasteiger partial charge in [-0.3, -0.25) is 0 Å². The number of hydrogen-bond acceptors (Lipinski definition) is 3. The Kier molecular flexibility index (Phi) is 3.22. The number of methoxy groups -OCH3 is 1. The highest BCUT2D eigenvalue weighted by Gasteiger charge is 2.18. The molecule has 0 bridgehead atoms. The molecule has 21 heavy (non-hydrogen) atoms. The van der Waals surface area contributed by atoms with Gasteiger partial charge in [0.05, 0.1) is 12.7 Å². The number of benzene rings is 2. The maximum absolute atomic E-state index is 12.0. The third-order valence-corrected chi connectivity index (χ3v) is 3.88. The van der Waals surface area contributed by atoms with E-state index in [4.69, 9.17) is 4.74 Å². The molecule has 1 N–H and O–H groups in total. The molecule has 0 saturated carbocycles. The number of aromatic nitrogens is 1. The van der Waals surface area contributed by atoms with Gasteiger partial charge in [0.15, 0.2) is 0 Å². The lowest BCUT2D eigenvalue weighted by atomic mass is 9.96. The first-order valence-electron chi connectivity index (χ1n) is 6.72. The number of ether oxygens (including phenoxy) is 1. The second kappa shape index (κ2) is 5.05. The molecule has 0 aliphatic heterocycles. The normalized spacial score (nSPS) is 11.0. The molecule has 0 unspecified atom stereocenters. The lowest BCUT2D eigenvalue weighted by Gasteiger charge is -2.10. The summed E-state index contributed by atoms with van der Waals surface area (Å²) in [6.45, 7) is 1.92. The van der Waals surface area contributed by atoms with Crippen molar-refractivity contribution >= 4 is 34.1 Å². The zero-order valence-corrected chi connectivity index (χ0v) is 11.9. The Hall–Kier alpha value is -2.62. The standard InChI is InChI=1S/C17H15NO3/c1-10-11(7-8-19)14(17(20)21-2)9-13-12-5-3-4-6-15(12)18-16(10)13/h3-6,8-9,18H,7H2,1-2H3. The fraction of sp³-hybridized carbons (Fsp3) is 0.176. The van der Waals surface area contributed by atoms with Crippen LogP contribution in [0, 0.1) is 6.92 Å². The second-order valence-electron chi connectivity index (χ2n) is 4.98. The number of para-hydroxylation sites is 1. The van der Waals surface area contributed by atoms with Gasteiger partial charge in [0.1, 0.15) is 6.29 Å². The minimum absolute atomic E-state index is 0.196. The van der Waals surface area contributed by atoms with Gasteiger partial charge in [0.2, 0.25) is 0 Å². The largest absolute Gasteiger partial charge is 0.465 e. The van der Waals surface area contributed by atoms with Crippen LogP contribution in [0.15, 0.2) is 30.3 Å². The summed E-state index contributed by atoms with van der Waals surface area (Å²) < 4.78 is 4.85. The summed E-state index contributed by atoms with van der Waals surface area (Å²) in [4.78, 5) is 26.3. The molecule has 0 aliphatic carbocycles. The number of aldehydes is 1. The van der Waals surface area contributed by atoms with E-state index < -0.39 is 5.97 Å². The Morgan fingerprint density at radius 2 is 2.05 bits per heavy atom. The van der Waals surface area contributed by atoms with Crippen molar-refractivity contribution in [2.75, 3.05) is 7.11 Å². The summed E-state index contributed by atoms with van der Waals surface area (Å²) in [7, 11) is 1.35. The van der Waals surface area contributed by atoms with Gasteiger partial charge in [-0.15, -0.1) is 0 Å². The van der Waals surface area contributed by atoms with Crippen molar-refractivity contribution in [1.82, 2.24) is 4.98 Å². The zero-order chi connectivity index (χ0) is 15.0. The summed E-state index contributed by atoms with van der Waals surface area (Å²) in [5.41, 5.74) is 4.06. The van der Waals surface area contributed by atoms with Crippen LogP contribution in [0.5, 0.6) is 0 Å². The second-order valence-corrected chi connectivity index (χ2v) is 4.98. The van der Waals surface area contributed by atoms with E-state index in [0.29, 0.717) is 5.56 Å². The summed E-state index contributed by atoms with van der Waals surface area (Å²) >= 11 is 0. The van der Waals surface area contributed by atoms with E-state index in [2.05, 4.69) is 4.98 Å². The number of esters is 1. The van der Waals surface area contributed by atoms with Crippen LogP contribution in [-0.2, 0) is 16.0 Å². The number of fused-ring (bicyclic) bond motifs is 3. The Morgan fingerprint density at radius 3 is 2.76 bits per heavy atom. The first kappa shape index (κ1) is 13.4. The molecule has 1 heterocycles. The molecule has 1 aromatic heterocycles. The molecule has 0 saturated heterocycles. The fourth-order valence-corrected chi connectivity index (χ4v) is 2.83. The molecule has 0 aliphatic rings. The van der Waals surface area contributed by atoms with Crippen LogP contribution in [0.2, 0.25) is 0 Å². The van der Waals surface area contributed by atoms with Crippen molar-refractivity contribution in [2.45, 2.75) is 13.3 Å². The number of carbonyl (C=O) groups excluding carboxylic acids is 2. The Bertz CT molecular complexity index is 861. The minimum atomic E-state index is -0.415. The van der Waals surface area contributed by atoms with E-state index in [1.807, 2.05) is 37.3 Å². The number of nitrogens with one attached hydrogen (secondary N) is 1. The number of H-pyrrole nitrogens is 1. The van der Waals surface area contributed by atoms with Crippen molar-refractivity contribution in [3.63, 3.8) is 0 Å². The molecule has 0 amide bonds. The van der Waals surface area contributed by atoms with Crippen LogP contribution in [0.1, 0.15) is 21.5 Å². The highest BCUT2D eigenvalue weighted by atomic mass is 16.5. The summed E-state index contributed by atoms with van der Waals surface area (Å²) in [6.07, 6.45) is 1.00. The molecule has 2 aromatic carbocycles. The number of rotatable bonds is 3. The third kappa shape index (κ3) is 2.00. The number of hydrogen-bond donors (Lipinski definition) is 1. The van der Waals surface area contributed by atoms with E-state index in [-0.39, 0.29) is 6.42 Å². The SMILES string of the molecule is COC(=O)c1cc2c([nH]c3ccccc32)c(C)c1CC=O. The van der Waals surface area contributed by atoms with Gasteiger partial charge >= 0.3 is 5.97 Å². The molecular formula is C17H15NO3. The molecule has 0 fully saturated rings. The maximum atomic E-state index is 12.0. The Morgan fingerprint density at radius 1 is 1.29 bits per heavy atom. The first-order valence-corrected chi connectivity index (χ1v) is 6.72. The van der Waals surface area contributed by atoms with Gasteiger partial charge in [-0.05, 0) is 30.2 Å². The molecule has 4 nitrogen and oxygen atoms in total. The van der Waals surface area contributed by atoms with Gasteiger partial charge in [-0.1, -0.05) is 18.2 Å². The molecule has 0 spiro atoms. The number of aryl methyl sites for hydroxylation is 1. The lowest BCUT2D eigenvalue weighted by molar-refractivity contribution is -0.107. The average Bonchev–Trinajstić information content (AvgIpc) is 2.88. The highest BCUT2D eigenvalue weighted by Crippen LogP contribution is 2.31. The van der Waals surface area contributed by atoms with Gasteiger partial charge in [0, 0.05) is 28.2 Å². The van der Waals surface area contributed by atoms with E-state index in [0.717, 1.165) is 39.2 Å². The smallest absolute Gasteiger partial charge is 0.338 e. The Balaban J connectivity index is 2.43. The van der Waals surface area contributed by atoms with Crippen molar-refractivity contribution in [1.29, 1.82) is 0 Å². The number of carbonyl (C=O) groups is 2. The predicted molar refractivity (Wildman–Crippen MR) is 81.6 cm³/mol. The van der Waals surface area contributed by atoms with Crippen LogP contribution in [0.25, 0.3) is 21.8 Å². The summed E-state index contributed by atoms with van der Waals surface area (Å²) in [6, 6.07) is 9.73. The zero-order valence-electron chi connectivity index (χ0n) is 11.9. The topological polar surface area (TPSA) is 59.2 Å². The molecule has 0 atom stereocenters. The average molecular weight is 281 g/mol. The monoisotopic (exact) mass is 281 g/mol. The molecule has 4 heteroatoms. The predicted octanol–water partition coefficient (Wildman–Crippen LogP) is 3.16. The van der Waals surface area contributed by atoms with Gasteiger partial charge in [-0.25, -0.2) is 4.79 Å². The van der Waals surface area contributed by atoms with Crippen LogP contribution in [-0.4, -0.2) is 24.3 Å². The highest BCUT2D eigenvalue weighted by molar-refractivity contribution is 6.11. The molecule has 106 valence electrons. The van der Waals surface area contributed by atoms with Gasteiger partial charge in [0.25, 0.3) is 0 Å². The van der Waals surface area contributed by atoms with E-state index in [9.17, 15) is 9.59 Å².